The van der Waals surface area contributed by atoms with Crippen LogP contribution in [0.15, 0.2) is 42.5 Å². The average Bonchev–Trinajstić information content (AvgIpc) is 2.85. The Labute approximate surface area is 202 Å². The van der Waals surface area contributed by atoms with Crippen molar-refractivity contribution in [3.8, 4) is 22.6 Å². The molecule has 2 aromatic carbocycles. The van der Waals surface area contributed by atoms with Gasteiger partial charge < -0.3 is 20.1 Å². The third kappa shape index (κ3) is 6.95. The Morgan fingerprint density at radius 3 is 2.18 bits per heavy atom. The minimum Gasteiger partial charge on any atom is -0.494 e. The van der Waals surface area contributed by atoms with Crippen LogP contribution in [0.2, 0.25) is 0 Å². The molecular formula is C27H35ClN2O3. The van der Waals surface area contributed by atoms with Gasteiger partial charge in [-0.2, -0.15) is 0 Å². The fourth-order valence-electron chi connectivity index (χ4n) is 4.83. The zero-order valence-electron chi connectivity index (χ0n) is 19.3. The van der Waals surface area contributed by atoms with Crippen molar-refractivity contribution in [3.63, 3.8) is 0 Å². The largest absolute Gasteiger partial charge is 0.494 e. The van der Waals surface area contributed by atoms with E-state index in [9.17, 15) is 4.79 Å². The van der Waals surface area contributed by atoms with E-state index in [1.807, 2.05) is 36.4 Å². The van der Waals surface area contributed by atoms with Gasteiger partial charge in [0.1, 0.15) is 11.5 Å². The molecule has 2 aliphatic rings. The van der Waals surface area contributed by atoms with Crippen molar-refractivity contribution in [3.05, 3.63) is 48.0 Å². The highest BCUT2D eigenvalue weighted by Gasteiger charge is 2.18. The lowest BCUT2D eigenvalue weighted by Crippen LogP contribution is -2.35. The summed E-state index contributed by atoms with van der Waals surface area (Å²) in [6.07, 6.45) is 9.40. The monoisotopic (exact) mass is 470 g/mol. The van der Waals surface area contributed by atoms with Gasteiger partial charge in [0.05, 0.1) is 13.2 Å². The van der Waals surface area contributed by atoms with Crippen LogP contribution in [0.5, 0.6) is 11.5 Å². The second kappa shape index (κ2) is 12.4. The first-order valence-electron chi connectivity index (χ1n) is 12.4. The quantitative estimate of drug-likeness (QED) is 0.445. The van der Waals surface area contributed by atoms with Crippen LogP contribution in [0, 0.1) is 0 Å². The normalized spacial score (nSPS) is 20.9. The number of carbonyl (C=O) groups excluding carboxylic acids is 1. The Balaban J connectivity index is 1.45. The summed E-state index contributed by atoms with van der Waals surface area (Å²) in [4.78, 5) is 12.2. The van der Waals surface area contributed by atoms with E-state index < -0.39 is 5.24 Å². The predicted molar refractivity (Wildman–Crippen MR) is 134 cm³/mol. The molecule has 0 aliphatic carbocycles. The molecule has 0 spiro atoms. The van der Waals surface area contributed by atoms with Crippen molar-refractivity contribution in [2.24, 2.45) is 0 Å². The van der Waals surface area contributed by atoms with Crippen molar-refractivity contribution in [1.29, 1.82) is 0 Å². The molecule has 2 N–H and O–H groups in total. The third-order valence-electron chi connectivity index (χ3n) is 6.64. The number of rotatable bonds is 10. The summed E-state index contributed by atoms with van der Waals surface area (Å²) >= 11 is 5.95. The third-order valence-corrected chi connectivity index (χ3v) is 6.85. The highest BCUT2D eigenvalue weighted by atomic mass is 35.5. The van der Waals surface area contributed by atoms with Gasteiger partial charge in [0.15, 0.2) is 0 Å². The molecule has 5 nitrogen and oxygen atoms in total. The highest BCUT2D eigenvalue weighted by Crippen LogP contribution is 2.36. The van der Waals surface area contributed by atoms with Crippen LogP contribution in [-0.4, -0.2) is 43.6 Å². The number of halogens is 1. The molecule has 2 heterocycles. The number of benzene rings is 2. The highest BCUT2D eigenvalue weighted by molar-refractivity contribution is 6.68. The van der Waals surface area contributed by atoms with Crippen molar-refractivity contribution in [2.75, 3.05) is 26.3 Å². The van der Waals surface area contributed by atoms with Crippen LogP contribution in [0.4, 0.5) is 0 Å². The first kappa shape index (κ1) is 24.1. The number of hydrogen-bond acceptors (Lipinski definition) is 5. The van der Waals surface area contributed by atoms with Gasteiger partial charge in [-0.15, -0.1) is 0 Å². The molecular weight excluding hydrogens is 436 g/mol. The maximum atomic E-state index is 12.2. The minimum absolute atomic E-state index is 0.452. The molecule has 0 bridgehead atoms. The van der Waals surface area contributed by atoms with Crippen LogP contribution in [0.25, 0.3) is 11.1 Å². The molecule has 2 atom stereocenters. The van der Waals surface area contributed by atoms with Gasteiger partial charge in [0, 0.05) is 23.2 Å². The molecule has 2 saturated heterocycles. The maximum absolute atomic E-state index is 12.2. The molecule has 0 radical (unpaired) electrons. The Morgan fingerprint density at radius 2 is 1.55 bits per heavy atom. The number of hydrogen-bond donors (Lipinski definition) is 2. The topological polar surface area (TPSA) is 59.6 Å². The summed E-state index contributed by atoms with van der Waals surface area (Å²) in [5, 5.41) is 6.63. The van der Waals surface area contributed by atoms with E-state index in [4.69, 9.17) is 21.1 Å². The summed E-state index contributed by atoms with van der Waals surface area (Å²) < 4.78 is 12.3. The lowest BCUT2D eigenvalue weighted by Gasteiger charge is -2.24. The Hall–Kier alpha value is -2.08. The zero-order valence-corrected chi connectivity index (χ0v) is 20.0. The summed E-state index contributed by atoms with van der Waals surface area (Å²) in [6.45, 7) is 3.43. The summed E-state index contributed by atoms with van der Waals surface area (Å²) in [6, 6.07) is 14.4. The SMILES string of the molecule is O=C(Cl)c1cccc(OCCC2CCCCN2)c1-c1cccc(OCCC2CCCCN2)c1. The molecule has 6 heteroatoms. The van der Waals surface area contributed by atoms with Crippen LogP contribution in [0.3, 0.4) is 0 Å². The van der Waals surface area contributed by atoms with E-state index in [1.165, 1.54) is 38.5 Å². The van der Waals surface area contributed by atoms with E-state index in [0.717, 1.165) is 42.8 Å². The van der Waals surface area contributed by atoms with Gasteiger partial charge in [-0.3, -0.25) is 4.79 Å². The van der Waals surface area contributed by atoms with E-state index in [2.05, 4.69) is 10.6 Å². The lowest BCUT2D eigenvalue weighted by molar-refractivity contribution is 0.108. The molecule has 0 aromatic heterocycles. The first-order valence-corrected chi connectivity index (χ1v) is 12.7. The fourth-order valence-corrected chi connectivity index (χ4v) is 4.98. The fraction of sp³-hybridized carbons (Fsp3) is 0.519. The van der Waals surface area contributed by atoms with Gasteiger partial charge >= 0.3 is 0 Å². The average molecular weight is 471 g/mol. The Bertz CT molecular complexity index is 908. The Morgan fingerprint density at radius 1 is 0.879 bits per heavy atom. The second-order valence-electron chi connectivity index (χ2n) is 9.05. The van der Waals surface area contributed by atoms with Gasteiger partial charge in [-0.25, -0.2) is 0 Å². The van der Waals surface area contributed by atoms with Crippen LogP contribution in [0.1, 0.15) is 61.7 Å². The lowest BCUT2D eigenvalue weighted by atomic mass is 9.98. The van der Waals surface area contributed by atoms with Crippen molar-refractivity contribution >= 4 is 16.8 Å². The summed E-state index contributed by atoms with van der Waals surface area (Å²) in [5.41, 5.74) is 2.06. The van der Waals surface area contributed by atoms with E-state index in [0.29, 0.717) is 36.6 Å². The number of carbonyl (C=O) groups is 1. The molecule has 0 amide bonds. The van der Waals surface area contributed by atoms with Crippen LogP contribution >= 0.6 is 11.6 Å². The van der Waals surface area contributed by atoms with Crippen molar-refractivity contribution < 1.29 is 14.3 Å². The molecule has 33 heavy (non-hydrogen) atoms. The number of ether oxygens (including phenoxy) is 2. The van der Waals surface area contributed by atoms with Gasteiger partial charge in [0.2, 0.25) is 0 Å². The smallest absolute Gasteiger partial charge is 0.253 e. The van der Waals surface area contributed by atoms with E-state index >= 15 is 0 Å². The minimum atomic E-state index is -0.487. The van der Waals surface area contributed by atoms with Crippen LogP contribution in [-0.2, 0) is 0 Å². The molecule has 2 unspecified atom stereocenters. The molecule has 0 saturated carbocycles. The summed E-state index contributed by atoms with van der Waals surface area (Å²) in [7, 11) is 0. The molecule has 2 aliphatic heterocycles. The standard InChI is InChI=1S/C27H35ClN2O3/c28-27(31)24-11-6-12-25(33-18-14-22-9-2-4-16-30-22)26(24)20-7-5-10-23(19-20)32-17-13-21-8-1-3-15-29-21/h5-7,10-12,19,21-22,29-30H,1-4,8-9,13-18H2. The van der Waals surface area contributed by atoms with E-state index in [-0.39, 0.29) is 0 Å². The van der Waals surface area contributed by atoms with Gasteiger partial charge in [-0.05, 0) is 93.0 Å². The Kier molecular flexibility index (Phi) is 9.04. The maximum Gasteiger partial charge on any atom is 0.253 e. The predicted octanol–water partition coefficient (Wildman–Crippen LogP) is 5.55. The number of piperidine rings is 2. The zero-order chi connectivity index (χ0) is 22.9. The first-order chi connectivity index (χ1) is 16.2. The molecule has 2 aromatic rings. The second-order valence-corrected chi connectivity index (χ2v) is 9.39. The van der Waals surface area contributed by atoms with Gasteiger partial charge in [-0.1, -0.05) is 31.0 Å². The van der Waals surface area contributed by atoms with Crippen molar-refractivity contribution in [1.82, 2.24) is 10.6 Å². The molecule has 178 valence electrons. The molecule has 2 fully saturated rings. The van der Waals surface area contributed by atoms with Crippen molar-refractivity contribution in [2.45, 2.75) is 63.5 Å². The number of nitrogens with one attached hydrogen (secondary N) is 2. The van der Waals surface area contributed by atoms with E-state index in [1.54, 1.807) is 6.07 Å². The van der Waals surface area contributed by atoms with Crippen LogP contribution < -0.4 is 20.1 Å². The van der Waals surface area contributed by atoms with Gasteiger partial charge in [0.25, 0.3) is 5.24 Å². The molecule has 4 rings (SSSR count). The summed E-state index contributed by atoms with van der Waals surface area (Å²) in [5.74, 6) is 1.47.